The second-order valence-electron chi connectivity index (χ2n) is 6.08. The molecule has 3 aromatic rings. The van der Waals surface area contributed by atoms with Crippen molar-refractivity contribution in [1.82, 2.24) is 20.2 Å². The quantitative estimate of drug-likeness (QED) is 0.497. The molecule has 0 aliphatic rings. The summed E-state index contributed by atoms with van der Waals surface area (Å²) in [6, 6.07) is 11.9. The SMILES string of the molecule is CCOc1ccc(-n2nc(C(=O)N/N=C/c3ccncc3)c(C)c(C#N)c2=O)cc1. The van der Waals surface area contributed by atoms with Gasteiger partial charge in [-0.2, -0.15) is 20.1 Å². The van der Waals surface area contributed by atoms with Crippen LogP contribution in [0.3, 0.4) is 0 Å². The lowest BCUT2D eigenvalue weighted by Crippen LogP contribution is -2.31. The number of hydrogen-bond donors (Lipinski definition) is 1. The molecule has 2 aromatic heterocycles. The highest BCUT2D eigenvalue weighted by Crippen LogP contribution is 2.15. The van der Waals surface area contributed by atoms with Gasteiger partial charge in [0.15, 0.2) is 5.69 Å². The standard InChI is InChI=1S/C21H18N6O3/c1-3-30-17-6-4-16(5-7-17)27-21(29)18(12-22)14(2)19(26-27)20(28)25-24-13-15-8-10-23-11-9-15/h4-11,13H,3H2,1-2H3,(H,25,28)/b24-13+. The van der Waals surface area contributed by atoms with Crippen LogP contribution in [0.15, 0.2) is 58.7 Å². The maximum absolute atomic E-state index is 12.7. The Bertz CT molecular complexity index is 1180. The zero-order valence-electron chi connectivity index (χ0n) is 16.4. The van der Waals surface area contributed by atoms with Crippen LogP contribution in [0.1, 0.15) is 34.1 Å². The van der Waals surface area contributed by atoms with Crippen molar-refractivity contribution in [2.24, 2.45) is 5.10 Å². The number of aromatic nitrogens is 3. The molecule has 9 heteroatoms. The number of hydrogen-bond acceptors (Lipinski definition) is 7. The molecule has 0 bridgehead atoms. The minimum absolute atomic E-state index is 0.0769. The van der Waals surface area contributed by atoms with Gasteiger partial charge in [0.2, 0.25) is 0 Å². The maximum atomic E-state index is 12.7. The molecule has 0 saturated heterocycles. The number of pyridine rings is 1. The molecule has 3 rings (SSSR count). The van der Waals surface area contributed by atoms with Crippen molar-refractivity contribution in [2.75, 3.05) is 6.61 Å². The molecule has 0 fully saturated rings. The Morgan fingerprint density at radius 3 is 2.60 bits per heavy atom. The summed E-state index contributed by atoms with van der Waals surface area (Å²) in [4.78, 5) is 29.2. The number of nitrogens with one attached hydrogen (secondary N) is 1. The molecule has 0 atom stereocenters. The first kappa shape index (κ1) is 20.4. The van der Waals surface area contributed by atoms with Crippen molar-refractivity contribution in [1.29, 1.82) is 5.26 Å². The number of hydrazone groups is 1. The Balaban J connectivity index is 1.95. The van der Waals surface area contributed by atoms with Crippen molar-refractivity contribution < 1.29 is 9.53 Å². The number of ether oxygens (including phenoxy) is 1. The van der Waals surface area contributed by atoms with E-state index in [9.17, 15) is 14.9 Å². The molecule has 2 heterocycles. The average molecular weight is 402 g/mol. The summed E-state index contributed by atoms with van der Waals surface area (Å²) in [6.45, 7) is 3.86. The van der Waals surface area contributed by atoms with Gasteiger partial charge in [-0.1, -0.05) is 0 Å². The van der Waals surface area contributed by atoms with Gasteiger partial charge in [-0.25, -0.2) is 5.43 Å². The first-order valence-electron chi connectivity index (χ1n) is 9.05. The largest absolute Gasteiger partial charge is 0.494 e. The molecule has 0 spiro atoms. The summed E-state index contributed by atoms with van der Waals surface area (Å²) in [6.07, 6.45) is 4.64. The van der Waals surface area contributed by atoms with Gasteiger partial charge in [0.05, 0.1) is 18.5 Å². The summed E-state index contributed by atoms with van der Waals surface area (Å²) in [5.41, 5.74) is 2.83. The first-order chi connectivity index (χ1) is 14.5. The van der Waals surface area contributed by atoms with Crippen LogP contribution < -0.4 is 15.7 Å². The fourth-order valence-electron chi connectivity index (χ4n) is 2.65. The summed E-state index contributed by atoms with van der Waals surface area (Å²) < 4.78 is 6.41. The molecule has 0 saturated carbocycles. The predicted molar refractivity (Wildman–Crippen MR) is 110 cm³/mol. The third kappa shape index (κ3) is 4.39. The van der Waals surface area contributed by atoms with Crippen LogP contribution in [0.5, 0.6) is 5.75 Å². The van der Waals surface area contributed by atoms with Crippen LogP contribution in [-0.4, -0.2) is 33.5 Å². The van der Waals surface area contributed by atoms with Gasteiger partial charge in [-0.15, -0.1) is 0 Å². The molecule has 30 heavy (non-hydrogen) atoms. The Morgan fingerprint density at radius 1 is 1.27 bits per heavy atom. The van der Waals surface area contributed by atoms with Gasteiger partial charge >= 0.3 is 0 Å². The van der Waals surface area contributed by atoms with E-state index in [4.69, 9.17) is 4.74 Å². The Kier molecular flexibility index (Phi) is 6.29. The molecule has 0 aliphatic heterocycles. The summed E-state index contributed by atoms with van der Waals surface area (Å²) in [5, 5.41) is 17.5. The van der Waals surface area contributed by atoms with Crippen molar-refractivity contribution in [3.8, 4) is 17.5 Å². The number of carbonyl (C=O) groups is 1. The lowest BCUT2D eigenvalue weighted by Gasteiger charge is -2.11. The smallest absolute Gasteiger partial charge is 0.292 e. The third-order valence-electron chi connectivity index (χ3n) is 4.14. The lowest BCUT2D eigenvalue weighted by molar-refractivity contribution is 0.0947. The molecule has 1 amide bonds. The van der Waals surface area contributed by atoms with Crippen molar-refractivity contribution in [3.63, 3.8) is 0 Å². The highest BCUT2D eigenvalue weighted by Gasteiger charge is 2.20. The molecule has 1 N–H and O–H groups in total. The van der Waals surface area contributed by atoms with Crippen LogP contribution >= 0.6 is 0 Å². The van der Waals surface area contributed by atoms with E-state index in [1.807, 2.05) is 13.0 Å². The van der Waals surface area contributed by atoms with Crippen LogP contribution in [0.2, 0.25) is 0 Å². The van der Waals surface area contributed by atoms with E-state index < -0.39 is 11.5 Å². The maximum Gasteiger partial charge on any atom is 0.292 e. The highest BCUT2D eigenvalue weighted by molar-refractivity contribution is 5.94. The second kappa shape index (κ2) is 9.25. The minimum atomic E-state index is -0.644. The van der Waals surface area contributed by atoms with E-state index in [0.29, 0.717) is 18.0 Å². The van der Waals surface area contributed by atoms with Gasteiger partial charge in [-0.05, 0) is 55.8 Å². The van der Waals surface area contributed by atoms with Crippen molar-refractivity contribution >= 4 is 12.1 Å². The molecular formula is C21H18N6O3. The monoisotopic (exact) mass is 402 g/mol. The van der Waals surface area contributed by atoms with Crippen LogP contribution in [0.25, 0.3) is 5.69 Å². The number of benzene rings is 1. The fraction of sp³-hybridized carbons (Fsp3) is 0.143. The number of nitriles is 1. The van der Waals surface area contributed by atoms with Crippen molar-refractivity contribution in [3.05, 3.63) is 81.5 Å². The molecular weight excluding hydrogens is 384 g/mol. The van der Waals surface area contributed by atoms with Gasteiger partial charge < -0.3 is 4.74 Å². The van der Waals surface area contributed by atoms with E-state index in [1.54, 1.807) is 48.8 Å². The summed E-state index contributed by atoms with van der Waals surface area (Å²) in [7, 11) is 0. The number of rotatable bonds is 6. The Labute approximate surface area is 172 Å². The van der Waals surface area contributed by atoms with E-state index in [2.05, 4.69) is 20.6 Å². The predicted octanol–water partition coefficient (Wildman–Crippen LogP) is 1.97. The van der Waals surface area contributed by atoms with E-state index in [0.717, 1.165) is 10.2 Å². The topological polar surface area (TPSA) is 122 Å². The number of nitrogens with zero attached hydrogens (tertiary/aromatic N) is 5. The normalized spacial score (nSPS) is 10.6. The zero-order valence-corrected chi connectivity index (χ0v) is 16.4. The first-order valence-corrected chi connectivity index (χ1v) is 9.05. The Hall–Kier alpha value is -4.32. The fourth-order valence-corrected chi connectivity index (χ4v) is 2.65. The molecule has 0 unspecified atom stereocenters. The third-order valence-corrected chi connectivity index (χ3v) is 4.14. The van der Waals surface area contributed by atoms with Crippen molar-refractivity contribution in [2.45, 2.75) is 13.8 Å². The van der Waals surface area contributed by atoms with Crippen LogP contribution in [0.4, 0.5) is 0 Å². The van der Waals surface area contributed by atoms with E-state index in [-0.39, 0.29) is 16.8 Å². The lowest BCUT2D eigenvalue weighted by atomic mass is 10.1. The molecule has 1 aromatic carbocycles. The zero-order chi connectivity index (χ0) is 21.5. The average Bonchev–Trinajstić information content (AvgIpc) is 2.76. The molecule has 150 valence electrons. The van der Waals surface area contributed by atoms with Crippen LogP contribution in [-0.2, 0) is 0 Å². The second-order valence-corrected chi connectivity index (χ2v) is 6.08. The number of carbonyl (C=O) groups excluding carboxylic acids is 1. The van der Waals surface area contributed by atoms with Crippen LogP contribution in [0, 0.1) is 18.3 Å². The van der Waals surface area contributed by atoms with Gasteiger partial charge in [-0.3, -0.25) is 14.6 Å². The van der Waals surface area contributed by atoms with Gasteiger partial charge in [0.25, 0.3) is 11.5 Å². The van der Waals surface area contributed by atoms with Gasteiger partial charge in [0.1, 0.15) is 17.4 Å². The van der Waals surface area contributed by atoms with E-state index in [1.165, 1.54) is 13.1 Å². The molecule has 9 nitrogen and oxygen atoms in total. The molecule has 0 aliphatic carbocycles. The van der Waals surface area contributed by atoms with Gasteiger partial charge in [0, 0.05) is 18.0 Å². The minimum Gasteiger partial charge on any atom is -0.494 e. The van der Waals surface area contributed by atoms with E-state index >= 15 is 0 Å². The Morgan fingerprint density at radius 2 is 1.97 bits per heavy atom. The highest BCUT2D eigenvalue weighted by atomic mass is 16.5. The number of amides is 1. The molecule has 0 radical (unpaired) electrons. The summed E-state index contributed by atoms with van der Waals surface area (Å²) >= 11 is 0. The summed E-state index contributed by atoms with van der Waals surface area (Å²) in [5.74, 6) is -0.0145.